The van der Waals surface area contributed by atoms with Gasteiger partial charge in [0.15, 0.2) is 0 Å². The fraction of sp³-hybridized carbons (Fsp3) is 0.333. The van der Waals surface area contributed by atoms with Gasteiger partial charge < -0.3 is 5.32 Å². The van der Waals surface area contributed by atoms with Gasteiger partial charge in [0.05, 0.1) is 6.26 Å². The Bertz CT molecular complexity index is 628. The number of hydrogen-bond acceptors (Lipinski definition) is 4. The van der Waals surface area contributed by atoms with Crippen LogP contribution in [0.4, 0.5) is 0 Å². The molecule has 0 aliphatic rings. The highest BCUT2D eigenvalue weighted by Gasteiger charge is 2.12. The van der Waals surface area contributed by atoms with Crippen molar-refractivity contribution in [3.63, 3.8) is 0 Å². The maximum Gasteiger partial charge on any atom is 0.251 e. The molecule has 1 aromatic rings. The Morgan fingerprint density at radius 1 is 1.30 bits per heavy atom. The molecule has 0 saturated carbocycles. The summed E-state index contributed by atoms with van der Waals surface area (Å²) in [6, 6.07) is 4.95. The molecular formula is C12H15ClN2O4S. The molecule has 0 aliphatic carbocycles. The highest BCUT2D eigenvalue weighted by atomic mass is 35.5. The van der Waals surface area contributed by atoms with Gasteiger partial charge in [-0.05, 0) is 24.6 Å². The molecule has 8 heteroatoms. The summed E-state index contributed by atoms with van der Waals surface area (Å²) in [5.41, 5.74) is 1.06. The number of sulfonamides is 1. The molecule has 0 aromatic heterocycles. The summed E-state index contributed by atoms with van der Waals surface area (Å²) in [5.74, 6) is -1.03. The summed E-state index contributed by atoms with van der Waals surface area (Å²) < 4.78 is 23.4. The summed E-state index contributed by atoms with van der Waals surface area (Å²) in [6.45, 7) is 1.75. The van der Waals surface area contributed by atoms with Gasteiger partial charge in [0.25, 0.3) is 5.91 Å². The lowest BCUT2D eigenvalue weighted by molar-refractivity contribution is -0.119. The molecule has 0 bridgehead atoms. The predicted molar refractivity (Wildman–Crippen MR) is 76.1 cm³/mol. The fourth-order valence-corrected chi connectivity index (χ4v) is 2.19. The molecule has 1 aromatic carbocycles. The lowest BCUT2D eigenvalue weighted by Gasteiger charge is -2.08. The van der Waals surface area contributed by atoms with Crippen molar-refractivity contribution in [2.24, 2.45) is 0 Å². The lowest BCUT2D eigenvalue weighted by atomic mass is 10.1. The quantitative estimate of drug-likeness (QED) is 0.841. The van der Waals surface area contributed by atoms with E-state index in [4.69, 9.17) is 11.6 Å². The van der Waals surface area contributed by atoms with Crippen LogP contribution in [-0.2, 0) is 14.8 Å². The molecule has 0 atom stereocenters. The first-order valence-electron chi connectivity index (χ1n) is 5.74. The minimum Gasteiger partial charge on any atom is -0.352 e. The van der Waals surface area contributed by atoms with Crippen molar-refractivity contribution in [3.8, 4) is 0 Å². The third-order valence-corrected chi connectivity index (χ3v) is 3.46. The van der Waals surface area contributed by atoms with Gasteiger partial charge in [-0.1, -0.05) is 17.7 Å². The van der Waals surface area contributed by atoms with Gasteiger partial charge in [0.2, 0.25) is 15.9 Å². The maximum atomic E-state index is 11.9. The molecule has 2 N–H and O–H groups in total. The van der Waals surface area contributed by atoms with Crippen LogP contribution < -0.4 is 10.0 Å². The van der Waals surface area contributed by atoms with E-state index in [1.165, 1.54) is 0 Å². The van der Waals surface area contributed by atoms with E-state index in [-0.39, 0.29) is 18.9 Å². The van der Waals surface area contributed by atoms with E-state index in [1.807, 2.05) is 4.72 Å². The number of benzene rings is 1. The fourth-order valence-electron chi connectivity index (χ4n) is 1.50. The normalized spacial score (nSPS) is 10.9. The molecule has 20 heavy (non-hydrogen) atoms. The molecule has 0 unspecified atom stereocenters. The van der Waals surface area contributed by atoms with Gasteiger partial charge in [-0.25, -0.2) is 8.42 Å². The molecule has 2 amide bonds. The summed E-state index contributed by atoms with van der Waals surface area (Å²) in [4.78, 5) is 23.1. The van der Waals surface area contributed by atoms with Crippen LogP contribution in [0.25, 0.3) is 0 Å². The van der Waals surface area contributed by atoms with E-state index in [0.29, 0.717) is 16.1 Å². The molecule has 0 fully saturated rings. The van der Waals surface area contributed by atoms with Crippen molar-refractivity contribution in [2.75, 3.05) is 12.8 Å². The minimum absolute atomic E-state index is 0.0339. The molecule has 6 nitrogen and oxygen atoms in total. The Morgan fingerprint density at radius 2 is 1.95 bits per heavy atom. The lowest BCUT2D eigenvalue weighted by Crippen LogP contribution is -2.33. The van der Waals surface area contributed by atoms with E-state index in [9.17, 15) is 18.0 Å². The Balaban J connectivity index is 2.52. The van der Waals surface area contributed by atoms with Gasteiger partial charge in [-0.3, -0.25) is 14.3 Å². The topological polar surface area (TPSA) is 92.3 Å². The summed E-state index contributed by atoms with van der Waals surface area (Å²) in [6.07, 6.45) is 0.761. The number of amides is 2. The highest BCUT2D eigenvalue weighted by molar-refractivity contribution is 7.89. The highest BCUT2D eigenvalue weighted by Crippen LogP contribution is 2.18. The van der Waals surface area contributed by atoms with Crippen LogP contribution in [0.15, 0.2) is 18.2 Å². The van der Waals surface area contributed by atoms with Gasteiger partial charge in [-0.15, -0.1) is 0 Å². The first-order chi connectivity index (χ1) is 9.20. The van der Waals surface area contributed by atoms with E-state index in [0.717, 1.165) is 6.26 Å². The van der Waals surface area contributed by atoms with Crippen LogP contribution in [0, 0.1) is 6.92 Å². The summed E-state index contributed by atoms with van der Waals surface area (Å²) in [5, 5.41) is 3.01. The second-order valence-corrected chi connectivity index (χ2v) is 6.37. The third-order valence-electron chi connectivity index (χ3n) is 2.45. The number of carbonyl (C=O) groups excluding carboxylic acids is 2. The monoisotopic (exact) mass is 318 g/mol. The van der Waals surface area contributed by atoms with Crippen molar-refractivity contribution in [2.45, 2.75) is 13.3 Å². The van der Waals surface area contributed by atoms with E-state index >= 15 is 0 Å². The Labute approximate surface area is 122 Å². The largest absolute Gasteiger partial charge is 0.352 e. The van der Waals surface area contributed by atoms with E-state index in [1.54, 1.807) is 25.1 Å². The smallest absolute Gasteiger partial charge is 0.251 e. The van der Waals surface area contributed by atoms with Gasteiger partial charge in [0.1, 0.15) is 0 Å². The Hall–Kier alpha value is -1.60. The van der Waals surface area contributed by atoms with Gasteiger partial charge in [0, 0.05) is 23.6 Å². The number of nitrogens with one attached hydrogen (secondary N) is 2. The summed E-state index contributed by atoms with van der Waals surface area (Å²) >= 11 is 5.90. The molecule has 0 heterocycles. The molecule has 110 valence electrons. The van der Waals surface area contributed by atoms with Crippen molar-refractivity contribution >= 4 is 33.4 Å². The van der Waals surface area contributed by atoms with Gasteiger partial charge >= 0.3 is 0 Å². The zero-order valence-electron chi connectivity index (χ0n) is 11.1. The second-order valence-electron chi connectivity index (χ2n) is 4.22. The average molecular weight is 319 g/mol. The number of carbonyl (C=O) groups is 2. The molecule has 0 saturated heterocycles. The first kappa shape index (κ1) is 16.5. The van der Waals surface area contributed by atoms with Crippen LogP contribution in [0.3, 0.4) is 0 Å². The van der Waals surface area contributed by atoms with Crippen molar-refractivity contribution in [3.05, 3.63) is 34.3 Å². The van der Waals surface area contributed by atoms with Crippen LogP contribution in [0.2, 0.25) is 5.02 Å². The molecular weight excluding hydrogens is 304 g/mol. The average Bonchev–Trinajstić information content (AvgIpc) is 2.30. The Kier molecular flexibility index (Phi) is 5.52. The number of hydrogen-bond donors (Lipinski definition) is 2. The third kappa shape index (κ3) is 5.18. The van der Waals surface area contributed by atoms with Crippen LogP contribution in [0.5, 0.6) is 0 Å². The standard InChI is InChI=1S/C12H15ClN2O4S/c1-8-9(4-3-5-10(8)13)12(17)14-7-6-11(16)15-20(2,18)19/h3-5H,6-7H2,1-2H3,(H,14,17)(H,15,16). The number of halogens is 1. The maximum absolute atomic E-state index is 11.9. The van der Waals surface area contributed by atoms with Crippen molar-refractivity contribution in [1.82, 2.24) is 10.0 Å². The molecule has 0 spiro atoms. The van der Waals surface area contributed by atoms with E-state index < -0.39 is 15.9 Å². The van der Waals surface area contributed by atoms with Crippen molar-refractivity contribution < 1.29 is 18.0 Å². The molecule has 1 rings (SSSR count). The molecule has 0 radical (unpaired) electrons. The summed E-state index contributed by atoms with van der Waals surface area (Å²) in [7, 11) is -3.57. The first-order valence-corrected chi connectivity index (χ1v) is 8.01. The SMILES string of the molecule is Cc1c(Cl)cccc1C(=O)NCCC(=O)NS(C)(=O)=O. The predicted octanol–water partition coefficient (Wildman–Crippen LogP) is 0.844. The zero-order chi connectivity index (χ0) is 15.3. The van der Waals surface area contributed by atoms with Gasteiger partial charge in [-0.2, -0.15) is 0 Å². The van der Waals surface area contributed by atoms with Crippen molar-refractivity contribution in [1.29, 1.82) is 0 Å². The minimum atomic E-state index is -3.57. The van der Waals surface area contributed by atoms with E-state index in [2.05, 4.69) is 5.32 Å². The van der Waals surface area contributed by atoms with Crippen LogP contribution in [0.1, 0.15) is 22.3 Å². The Morgan fingerprint density at radius 3 is 2.55 bits per heavy atom. The second kappa shape index (κ2) is 6.71. The molecule has 0 aliphatic heterocycles. The number of rotatable bonds is 5. The zero-order valence-corrected chi connectivity index (χ0v) is 12.6. The van der Waals surface area contributed by atoms with Crippen LogP contribution >= 0.6 is 11.6 Å². The van der Waals surface area contributed by atoms with Crippen LogP contribution in [-0.4, -0.2) is 33.0 Å².